The Labute approximate surface area is 152 Å². The van der Waals surface area contributed by atoms with Crippen molar-refractivity contribution in [3.63, 3.8) is 0 Å². The maximum atomic E-state index is 6.14. The van der Waals surface area contributed by atoms with Crippen LogP contribution in [0.2, 0.25) is 10.0 Å². The number of hydrogen-bond acceptors (Lipinski definition) is 2. The van der Waals surface area contributed by atoms with Gasteiger partial charge < -0.3 is 15.5 Å². The zero-order chi connectivity index (χ0) is 16.8. The van der Waals surface area contributed by atoms with Gasteiger partial charge in [-0.05, 0) is 50.1 Å². The Morgan fingerprint density at radius 2 is 1.83 bits per heavy atom. The van der Waals surface area contributed by atoms with Crippen LogP contribution >= 0.6 is 35.4 Å². The average molecular weight is 368 g/mol. The molecule has 2 rings (SSSR count). The second kappa shape index (κ2) is 8.50. The zero-order valence-electron chi connectivity index (χ0n) is 13.0. The molecule has 0 radical (unpaired) electrons. The molecule has 0 aliphatic heterocycles. The summed E-state index contributed by atoms with van der Waals surface area (Å²) in [7, 11) is 4.10. The molecule has 0 aliphatic carbocycles. The van der Waals surface area contributed by atoms with E-state index >= 15 is 0 Å². The monoisotopic (exact) mass is 367 g/mol. The van der Waals surface area contributed by atoms with Gasteiger partial charge >= 0.3 is 0 Å². The summed E-state index contributed by atoms with van der Waals surface area (Å²) in [5.74, 6) is 0. The number of anilines is 1. The highest BCUT2D eigenvalue weighted by Gasteiger charge is 2.14. The molecule has 23 heavy (non-hydrogen) atoms. The number of benzene rings is 2. The Morgan fingerprint density at radius 1 is 1.13 bits per heavy atom. The molecule has 0 heterocycles. The standard InChI is InChI=1S/C17H19Cl2N3S/c1-22(2)16(12-6-4-3-5-7-12)11-20-17(23)21-15-9-8-13(18)10-14(15)19/h3-10,16H,11H2,1-2H3,(H2,20,21,23). The molecule has 6 heteroatoms. The van der Waals surface area contributed by atoms with Crippen molar-refractivity contribution in [1.29, 1.82) is 0 Å². The molecule has 122 valence electrons. The summed E-state index contributed by atoms with van der Waals surface area (Å²) in [4.78, 5) is 2.15. The smallest absolute Gasteiger partial charge is 0.170 e. The molecule has 0 saturated carbocycles. The number of nitrogens with zero attached hydrogens (tertiary/aromatic N) is 1. The molecule has 2 aromatic carbocycles. The molecular formula is C17H19Cl2N3S. The van der Waals surface area contributed by atoms with Crippen molar-refractivity contribution in [3.05, 3.63) is 64.1 Å². The second-order valence-corrected chi connectivity index (χ2v) is 6.60. The maximum absolute atomic E-state index is 6.14. The topological polar surface area (TPSA) is 27.3 Å². The Balaban J connectivity index is 1.97. The molecule has 0 bridgehead atoms. The quantitative estimate of drug-likeness (QED) is 0.756. The van der Waals surface area contributed by atoms with Crippen LogP contribution in [0.15, 0.2) is 48.5 Å². The van der Waals surface area contributed by atoms with Crippen LogP contribution in [0.25, 0.3) is 0 Å². The van der Waals surface area contributed by atoms with Gasteiger partial charge in [0.05, 0.1) is 16.8 Å². The van der Waals surface area contributed by atoms with E-state index in [1.54, 1.807) is 18.2 Å². The molecule has 0 saturated heterocycles. The largest absolute Gasteiger partial charge is 0.361 e. The molecule has 0 amide bonds. The van der Waals surface area contributed by atoms with E-state index in [0.29, 0.717) is 21.7 Å². The van der Waals surface area contributed by atoms with Gasteiger partial charge in [-0.25, -0.2) is 0 Å². The Hall–Kier alpha value is -1.33. The summed E-state index contributed by atoms with van der Waals surface area (Å²) in [5, 5.41) is 7.99. The van der Waals surface area contributed by atoms with Crippen LogP contribution in [0.5, 0.6) is 0 Å². The fraction of sp³-hybridized carbons (Fsp3) is 0.235. The third kappa shape index (κ3) is 5.36. The number of hydrogen-bond donors (Lipinski definition) is 2. The third-order valence-electron chi connectivity index (χ3n) is 3.44. The van der Waals surface area contributed by atoms with Crippen LogP contribution in [0, 0.1) is 0 Å². The predicted molar refractivity (Wildman–Crippen MR) is 104 cm³/mol. The van der Waals surface area contributed by atoms with Gasteiger partial charge in [-0.2, -0.15) is 0 Å². The lowest BCUT2D eigenvalue weighted by molar-refractivity contribution is 0.299. The van der Waals surface area contributed by atoms with E-state index < -0.39 is 0 Å². The summed E-state index contributed by atoms with van der Waals surface area (Å²) in [6.45, 7) is 0.689. The lowest BCUT2D eigenvalue weighted by Crippen LogP contribution is -2.36. The third-order valence-corrected chi connectivity index (χ3v) is 4.24. The minimum atomic E-state index is 0.219. The first-order valence-corrected chi connectivity index (χ1v) is 8.35. The highest BCUT2D eigenvalue weighted by molar-refractivity contribution is 7.80. The van der Waals surface area contributed by atoms with Crippen molar-refractivity contribution in [1.82, 2.24) is 10.2 Å². The fourth-order valence-electron chi connectivity index (χ4n) is 2.22. The molecule has 0 aromatic heterocycles. The molecular weight excluding hydrogens is 349 g/mol. The van der Waals surface area contributed by atoms with Crippen LogP contribution in [0.3, 0.4) is 0 Å². The summed E-state index contributed by atoms with van der Waals surface area (Å²) in [6.07, 6.45) is 0. The minimum Gasteiger partial charge on any atom is -0.361 e. The van der Waals surface area contributed by atoms with Crippen molar-refractivity contribution in [2.45, 2.75) is 6.04 Å². The summed E-state index contributed by atoms with van der Waals surface area (Å²) < 4.78 is 0. The summed E-state index contributed by atoms with van der Waals surface area (Å²) >= 11 is 17.4. The van der Waals surface area contributed by atoms with Gasteiger partial charge in [-0.3, -0.25) is 0 Å². The Kier molecular flexibility index (Phi) is 6.66. The number of likely N-dealkylation sites (N-methyl/N-ethyl adjacent to an activating group) is 1. The molecule has 0 fully saturated rings. The Morgan fingerprint density at radius 3 is 2.43 bits per heavy atom. The van der Waals surface area contributed by atoms with E-state index in [-0.39, 0.29) is 6.04 Å². The van der Waals surface area contributed by atoms with Crippen molar-refractivity contribution in [2.24, 2.45) is 0 Å². The second-order valence-electron chi connectivity index (χ2n) is 5.35. The molecule has 2 aromatic rings. The van der Waals surface area contributed by atoms with Gasteiger partial charge in [0.1, 0.15) is 0 Å². The van der Waals surface area contributed by atoms with Crippen LogP contribution < -0.4 is 10.6 Å². The highest BCUT2D eigenvalue weighted by atomic mass is 35.5. The van der Waals surface area contributed by atoms with Crippen molar-refractivity contribution < 1.29 is 0 Å². The van der Waals surface area contributed by atoms with Gasteiger partial charge in [-0.1, -0.05) is 53.5 Å². The van der Waals surface area contributed by atoms with E-state index in [0.717, 1.165) is 5.69 Å². The molecule has 0 aliphatic rings. The van der Waals surface area contributed by atoms with Gasteiger partial charge in [0.15, 0.2) is 5.11 Å². The lowest BCUT2D eigenvalue weighted by Gasteiger charge is -2.26. The van der Waals surface area contributed by atoms with Gasteiger partial charge in [0.2, 0.25) is 0 Å². The van der Waals surface area contributed by atoms with E-state index in [1.165, 1.54) is 5.56 Å². The molecule has 0 spiro atoms. The lowest BCUT2D eigenvalue weighted by atomic mass is 10.1. The van der Waals surface area contributed by atoms with Crippen molar-refractivity contribution in [2.75, 3.05) is 26.0 Å². The highest BCUT2D eigenvalue weighted by Crippen LogP contribution is 2.25. The fourth-order valence-corrected chi connectivity index (χ4v) is 2.87. The number of nitrogens with one attached hydrogen (secondary N) is 2. The first-order chi connectivity index (χ1) is 11.0. The van der Waals surface area contributed by atoms with Gasteiger partial charge in [0, 0.05) is 11.6 Å². The van der Waals surface area contributed by atoms with Crippen LogP contribution in [0.4, 0.5) is 5.69 Å². The summed E-state index contributed by atoms with van der Waals surface area (Å²) in [5.41, 5.74) is 1.96. The molecule has 3 nitrogen and oxygen atoms in total. The van der Waals surface area contributed by atoms with E-state index in [4.69, 9.17) is 35.4 Å². The number of halogens is 2. The first kappa shape index (κ1) is 18.0. The predicted octanol–water partition coefficient (Wildman–Crippen LogP) is 4.58. The number of rotatable bonds is 5. The van der Waals surface area contributed by atoms with Crippen LogP contribution in [0.1, 0.15) is 11.6 Å². The van der Waals surface area contributed by atoms with E-state index in [1.807, 2.05) is 32.3 Å². The Bertz CT molecular complexity index is 662. The average Bonchev–Trinajstić information content (AvgIpc) is 2.51. The summed E-state index contributed by atoms with van der Waals surface area (Å²) in [6, 6.07) is 15.8. The van der Waals surface area contributed by atoms with E-state index in [9.17, 15) is 0 Å². The SMILES string of the molecule is CN(C)C(CNC(=S)Nc1ccc(Cl)cc1Cl)c1ccccc1. The van der Waals surface area contributed by atoms with Gasteiger partial charge in [0.25, 0.3) is 0 Å². The van der Waals surface area contributed by atoms with E-state index in [2.05, 4.69) is 27.7 Å². The molecule has 2 N–H and O–H groups in total. The first-order valence-electron chi connectivity index (χ1n) is 7.18. The molecule has 1 unspecified atom stereocenters. The zero-order valence-corrected chi connectivity index (χ0v) is 15.3. The van der Waals surface area contributed by atoms with Crippen molar-refractivity contribution >= 4 is 46.2 Å². The maximum Gasteiger partial charge on any atom is 0.170 e. The normalized spacial score (nSPS) is 12.0. The number of thiocarbonyl (C=S) groups is 1. The van der Waals surface area contributed by atoms with Crippen molar-refractivity contribution in [3.8, 4) is 0 Å². The van der Waals surface area contributed by atoms with Crippen LogP contribution in [-0.2, 0) is 0 Å². The van der Waals surface area contributed by atoms with Gasteiger partial charge in [-0.15, -0.1) is 0 Å². The van der Waals surface area contributed by atoms with Crippen LogP contribution in [-0.4, -0.2) is 30.7 Å². The molecule has 1 atom stereocenters. The minimum absolute atomic E-state index is 0.219.